The molecular formula is C29H25N3O4. The zero-order valence-electron chi connectivity index (χ0n) is 20.2. The molecule has 180 valence electrons. The molecule has 0 radical (unpaired) electrons. The molecular weight excluding hydrogens is 454 g/mol. The molecule has 7 nitrogen and oxygen atoms in total. The molecule has 0 spiro atoms. The van der Waals surface area contributed by atoms with Crippen molar-refractivity contribution < 1.29 is 18.8 Å². The molecule has 0 aliphatic rings. The van der Waals surface area contributed by atoms with Crippen LogP contribution < -0.4 is 14.8 Å². The lowest BCUT2D eigenvalue weighted by Gasteiger charge is -2.11. The van der Waals surface area contributed by atoms with Gasteiger partial charge in [-0.15, -0.1) is 0 Å². The van der Waals surface area contributed by atoms with E-state index in [9.17, 15) is 4.79 Å². The van der Waals surface area contributed by atoms with Gasteiger partial charge >= 0.3 is 0 Å². The molecule has 7 heteroatoms. The number of hydrogen-bond donors (Lipinski definition) is 1. The van der Waals surface area contributed by atoms with Crippen LogP contribution in [-0.4, -0.2) is 23.2 Å². The summed E-state index contributed by atoms with van der Waals surface area (Å²) < 4.78 is 16.6. The number of anilines is 1. The first-order chi connectivity index (χ1) is 17.5. The molecule has 2 heterocycles. The second-order valence-corrected chi connectivity index (χ2v) is 7.87. The van der Waals surface area contributed by atoms with Crippen LogP contribution in [0.1, 0.15) is 33.8 Å². The highest BCUT2D eigenvalue weighted by Crippen LogP contribution is 2.30. The number of pyridine rings is 1. The zero-order chi connectivity index (χ0) is 25.3. The maximum Gasteiger partial charge on any atom is 0.248 e. The third-order valence-corrected chi connectivity index (χ3v) is 5.30. The molecule has 36 heavy (non-hydrogen) atoms. The van der Waals surface area contributed by atoms with Crippen LogP contribution in [0.25, 0.3) is 6.08 Å². The Kier molecular flexibility index (Phi) is 7.79. The van der Waals surface area contributed by atoms with Crippen molar-refractivity contribution in [1.29, 1.82) is 0 Å². The number of methoxy groups -OCH3 is 1. The van der Waals surface area contributed by atoms with Crippen LogP contribution in [0.3, 0.4) is 0 Å². The van der Waals surface area contributed by atoms with Gasteiger partial charge in [0.15, 0.2) is 11.5 Å². The third-order valence-electron chi connectivity index (χ3n) is 5.30. The summed E-state index contributed by atoms with van der Waals surface area (Å²) in [5.41, 5.74) is 4.61. The normalized spacial score (nSPS) is 10.5. The van der Waals surface area contributed by atoms with E-state index < -0.39 is 0 Å². The zero-order valence-corrected chi connectivity index (χ0v) is 20.2. The SMILES string of the molecule is COc1cc(/C=C/C(=O)Nc2cccc(C#Cc3ccccn3)c2)ccc1OCc1c(C)noc1C. The van der Waals surface area contributed by atoms with Crippen LogP contribution in [0.5, 0.6) is 11.5 Å². The molecule has 2 aromatic heterocycles. The van der Waals surface area contributed by atoms with E-state index in [1.54, 1.807) is 31.5 Å². The van der Waals surface area contributed by atoms with Gasteiger partial charge < -0.3 is 19.3 Å². The van der Waals surface area contributed by atoms with Crippen molar-refractivity contribution in [3.63, 3.8) is 0 Å². The molecule has 0 unspecified atom stereocenters. The third kappa shape index (κ3) is 6.39. The van der Waals surface area contributed by atoms with Crippen LogP contribution >= 0.6 is 0 Å². The van der Waals surface area contributed by atoms with E-state index in [0.717, 1.165) is 28.1 Å². The quantitative estimate of drug-likeness (QED) is 0.285. The minimum atomic E-state index is -0.262. The van der Waals surface area contributed by atoms with Gasteiger partial charge in [0.2, 0.25) is 5.91 Å². The molecule has 0 saturated heterocycles. The first-order valence-corrected chi connectivity index (χ1v) is 11.3. The van der Waals surface area contributed by atoms with E-state index in [1.807, 2.05) is 62.4 Å². The monoisotopic (exact) mass is 479 g/mol. The lowest BCUT2D eigenvalue weighted by molar-refractivity contribution is -0.111. The Balaban J connectivity index is 1.38. The van der Waals surface area contributed by atoms with Crippen molar-refractivity contribution in [1.82, 2.24) is 10.1 Å². The van der Waals surface area contributed by atoms with Crippen LogP contribution in [0.2, 0.25) is 0 Å². The maximum absolute atomic E-state index is 12.5. The summed E-state index contributed by atoms with van der Waals surface area (Å²) in [5, 5.41) is 6.80. The van der Waals surface area contributed by atoms with Gasteiger partial charge in [0.1, 0.15) is 18.1 Å². The van der Waals surface area contributed by atoms with E-state index in [4.69, 9.17) is 14.0 Å². The lowest BCUT2D eigenvalue weighted by Crippen LogP contribution is -2.07. The Labute approximate surface area is 209 Å². The summed E-state index contributed by atoms with van der Waals surface area (Å²) >= 11 is 0. The van der Waals surface area contributed by atoms with Crippen molar-refractivity contribution >= 4 is 17.7 Å². The summed E-state index contributed by atoms with van der Waals surface area (Å²) in [6.45, 7) is 4.04. The number of ether oxygens (including phenoxy) is 2. The Morgan fingerprint density at radius 3 is 2.69 bits per heavy atom. The van der Waals surface area contributed by atoms with Crippen molar-refractivity contribution in [3.8, 4) is 23.3 Å². The number of nitrogens with one attached hydrogen (secondary N) is 1. The van der Waals surface area contributed by atoms with Gasteiger partial charge in [-0.1, -0.05) is 29.3 Å². The number of amides is 1. The first kappa shape index (κ1) is 24.3. The number of aryl methyl sites for hydroxylation is 2. The van der Waals surface area contributed by atoms with E-state index in [2.05, 4.69) is 27.3 Å². The minimum Gasteiger partial charge on any atom is -0.493 e. The summed E-state index contributed by atoms with van der Waals surface area (Å²) in [6.07, 6.45) is 4.87. The van der Waals surface area contributed by atoms with Gasteiger partial charge in [-0.2, -0.15) is 0 Å². The number of aromatic nitrogens is 2. The van der Waals surface area contributed by atoms with Gasteiger partial charge in [0.25, 0.3) is 0 Å². The number of carbonyl (C=O) groups is 1. The van der Waals surface area contributed by atoms with Crippen molar-refractivity contribution in [3.05, 3.63) is 107 Å². The molecule has 0 atom stereocenters. The van der Waals surface area contributed by atoms with Crippen LogP contribution in [-0.2, 0) is 11.4 Å². The Morgan fingerprint density at radius 1 is 1.06 bits per heavy atom. The average molecular weight is 480 g/mol. The fourth-order valence-electron chi connectivity index (χ4n) is 3.37. The molecule has 4 rings (SSSR count). The molecule has 1 N–H and O–H groups in total. The van der Waals surface area contributed by atoms with E-state index >= 15 is 0 Å². The second-order valence-electron chi connectivity index (χ2n) is 7.87. The first-order valence-electron chi connectivity index (χ1n) is 11.3. The number of benzene rings is 2. The van der Waals surface area contributed by atoms with Crippen LogP contribution in [0.15, 0.2) is 77.5 Å². The highest BCUT2D eigenvalue weighted by Gasteiger charge is 2.12. The summed E-state index contributed by atoms with van der Waals surface area (Å²) in [6, 6.07) is 18.4. The molecule has 2 aromatic carbocycles. The summed E-state index contributed by atoms with van der Waals surface area (Å²) in [7, 11) is 1.57. The van der Waals surface area contributed by atoms with Crippen LogP contribution in [0.4, 0.5) is 5.69 Å². The number of hydrogen-bond acceptors (Lipinski definition) is 6. The topological polar surface area (TPSA) is 86.5 Å². The van der Waals surface area contributed by atoms with Crippen molar-refractivity contribution in [2.75, 3.05) is 12.4 Å². The lowest BCUT2D eigenvalue weighted by atomic mass is 10.1. The maximum atomic E-state index is 12.5. The predicted molar refractivity (Wildman–Crippen MR) is 138 cm³/mol. The summed E-state index contributed by atoms with van der Waals surface area (Å²) in [5.74, 6) is 7.68. The molecule has 0 aliphatic heterocycles. The number of rotatable bonds is 7. The molecule has 0 aliphatic carbocycles. The molecule has 0 bridgehead atoms. The van der Waals surface area contributed by atoms with Gasteiger partial charge in [-0.25, -0.2) is 4.98 Å². The standard InChI is InChI=1S/C29H25N3O4/c1-20-26(21(2)36-32-20)19-35-27-14-11-23(18-28(27)34-3)12-15-29(33)31-25-9-6-7-22(17-25)10-13-24-8-4-5-16-30-24/h4-9,11-12,14-18H,19H2,1-3H3,(H,31,33)/b15-12+. The average Bonchev–Trinajstić information content (AvgIpc) is 3.22. The number of carbonyl (C=O) groups excluding carboxylic acids is 1. The fraction of sp³-hybridized carbons (Fsp3) is 0.138. The molecule has 0 saturated carbocycles. The summed E-state index contributed by atoms with van der Waals surface area (Å²) in [4.78, 5) is 16.7. The second kappa shape index (κ2) is 11.5. The van der Waals surface area contributed by atoms with Crippen molar-refractivity contribution in [2.24, 2.45) is 0 Å². The molecule has 1 amide bonds. The molecule has 0 fully saturated rings. The highest BCUT2D eigenvalue weighted by molar-refractivity contribution is 6.02. The van der Waals surface area contributed by atoms with Gasteiger partial charge in [-0.3, -0.25) is 4.79 Å². The Hall–Kier alpha value is -4.83. The smallest absolute Gasteiger partial charge is 0.248 e. The van der Waals surface area contributed by atoms with E-state index in [0.29, 0.717) is 29.5 Å². The highest BCUT2D eigenvalue weighted by atomic mass is 16.5. The molecule has 4 aromatic rings. The van der Waals surface area contributed by atoms with Crippen LogP contribution in [0, 0.1) is 25.7 Å². The Morgan fingerprint density at radius 2 is 1.94 bits per heavy atom. The predicted octanol–water partition coefficient (Wildman–Crippen LogP) is 5.33. The van der Waals surface area contributed by atoms with E-state index in [-0.39, 0.29) is 5.91 Å². The largest absolute Gasteiger partial charge is 0.493 e. The van der Waals surface area contributed by atoms with Gasteiger partial charge in [0, 0.05) is 23.5 Å². The van der Waals surface area contributed by atoms with E-state index in [1.165, 1.54) is 6.08 Å². The van der Waals surface area contributed by atoms with Gasteiger partial charge in [0.05, 0.1) is 18.4 Å². The Bertz CT molecular complexity index is 1430. The van der Waals surface area contributed by atoms with Crippen molar-refractivity contribution in [2.45, 2.75) is 20.5 Å². The number of nitrogens with zero attached hydrogens (tertiary/aromatic N) is 2. The minimum absolute atomic E-state index is 0.262. The fourth-order valence-corrected chi connectivity index (χ4v) is 3.37. The van der Waals surface area contributed by atoms with Gasteiger partial charge in [-0.05, 0) is 73.9 Å².